The third kappa shape index (κ3) is 8.31. The van der Waals surface area contributed by atoms with E-state index < -0.39 is 29.4 Å². The van der Waals surface area contributed by atoms with Gasteiger partial charge >= 0.3 is 11.9 Å². The highest BCUT2D eigenvalue weighted by molar-refractivity contribution is 6.30. The fraction of sp³-hybridized carbons (Fsp3) is 0.333. The van der Waals surface area contributed by atoms with Crippen LogP contribution in [-0.4, -0.2) is 34.1 Å². The molecule has 1 atom stereocenters. The van der Waals surface area contributed by atoms with Crippen molar-refractivity contribution >= 4 is 47.1 Å². The maximum atomic E-state index is 11.2. The summed E-state index contributed by atoms with van der Waals surface area (Å²) in [5.41, 5.74) is 23.2. The molecule has 0 aliphatic carbocycles. The van der Waals surface area contributed by atoms with Gasteiger partial charge < -0.3 is 33.1 Å². The van der Waals surface area contributed by atoms with Gasteiger partial charge in [-0.3, -0.25) is 9.59 Å². The number of carbonyl (C=O) groups is 2. The molecule has 0 saturated carbocycles. The van der Waals surface area contributed by atoms with E-state index in [1.165, 1.54) is 0 Å². The van der Waals surface area contributed by atoms with E-state index in [1.807, 2.05) is 0 Å². The lowest BCUT2D eigenvalue weighted by atomic mass is 9.77. The molecular formula is C24H30Cl2N6O4. The first kappa shape index (κ1) is 28.7. The summed E-state index contributed by atoms with van der Waals surface area (Å²) >= 11 is 12.2. The maximum Gasteiger partial charge on any atom is 0.303 e. The molecule has 0 radical (unpaired) electrons. The molecule has 2 aromatic carbocycles. The molecule has 0 aliphatic heterocycles. The number of aliphatic imine (C=N–C) groups is 2. The minimum atomic E-state index is -1.49. The highest BCUT2D eigenvalue weighted by Crippen LogP contribution is 2.45. The van der Waals surface area contributed by atoms with Crippen molar-refractivity contribution in [2.75, 3.05) is 0 Å². The van der Waals surface area contributed by atoms with Crippen LogP contribution in [0.5, 0.6) is 0 Å². The average molecular weight is 537 g/mol. The monoisotopic (exact) mass is 536 g/mol. The van der Waals surface area contributed by atoms with Gasteiger partial charge in [-0.1, -0.05) is 53.9 Å². The Labute approximate surface area is 219 Å². The molecule has 2 aromatic rings. The molecule has 2 rings (SSSR count). The van der Waals surface area contributed by atoms with Crippen LogP contribution in [0.4, 0.5) is 0 Å². The normalized spacial score (nSPS) is 12.1. The highest BCUT2D eigenvalue weighted by Gasteiger charge is 2.42. The second-order valence-corrected chi connectivity index (χ2v) is 9.28. The maximum absolute atomic E-state index is 11.2. The number of carboxylic acids is 2. The second-order valence-electron chi connectivity index (χ2n) is 8.40. The molecule has 0 amide bonds. The number of nitrogens with two attached hydrogens (primary N) is 4. The molecule has 0 bridgehead atoms. The van der Waals surface area contributed by atoms with E-state index in [-0.39, 0.29) is 24.8 Å². The van der Waals surface area contributed by atoms with Gasteiger partial charge in [0.15, 0.2) is 17.6 Å². The molecule has 12 heteroatoms. The van der Waals surface area contributed by atoms with Gasteiger partial charge in [-0.25, -0.2) is 9.98 Å². The minimum Gasteiger partial charge on any atom is -0.481 e. The summed E-state index contributed by atoms with van der Waals surface area (Å²) < 4.78 is 0. The third-order valence-corrected chi connectivity index (χ3v) is 6.16. The van der Waals surface area contributed by atoms with Crippen molar-refractivity contribution in [2.45, 2.75) is 43.7 Å². The molecule has 0 spiro atoms. The van der Waals surface area contributed by atoms with E-state index in [4.69, 9.17) is 46.1 Å². The van der Waals surface area contributed by atoms with Crippen LogP contribution < -0.4 is 22.9 Å². The van der Waals surface area contributed by atoms with Crippen molar-refractivity contribution in [2.24, 2.45) is 38.8 Å². The third-order valence-electron chi connectivity index (χ3n) is 5.66. The fourth-order valence-electron chi connectivity index (χ4n) is 4.28. The van der Waals surface area contributed by atoms with Crippen LogP contribution in [-0.2, 0) is 15.3 Å². The molecular weight excluding hydrogens is 507 g/mol. The molecule has 0 saturated heterocycles. The number of hydrogen-bond donors (Lipinski definition) is 6. The van der Waals surface area contributed by atoms with E-state index >= 15 is 0 Å². The fourth-order valence-corrected chi connectivity index (χ4v) is 4.53. The summed E-state index contributed by atoms with van der Waals surface area (Å²) in [5, 5.41) is 19.4. The van der Waals surface area contributed by atoms with Crippen LogP contribution >= 0.6 is 23.2 Å². The van der Waals surface area contributed by atoms with Crippen molar-refractivity contribution in [3.63, 3.8) is 0 Å². The number of rotatable bonds is 13. The molecule has 36 heavy (non-hydrogen) atoms. The number of benzene rings is 2. The number of aliphatic carboxylic acids is 2. The number of carboxylic acid groups (broad SMARTS) is 2. The first-order valence-corrected chi connectivity index (χ1v) is 11.8. The van der Waals surface area contributed by atoms with Crippen molar-refractivity contribution in [1.82, 2.24) is 0 Å². The van der Waals surface area contributed by atoms with Gasteiger partial charge in [0.25, 0.3) is 0 Å². The molecule has 10 N–H and O–H groups in total. The summed E-state index contributed by atoms with van der Waals surface area (Å²) in [6.45, 7) is 0. The van der Waals surface area contributed by atoms with Crippen LogP contribution in [0.3, 0.4) is 0 Å². The molecule has 0 aliphatic rings. The van der Waals surface area contributed by atoms with E-state index in [9.17, 15) is 19.8 Å². The van der Waals surface area contributed by atoms with E-state index in [2.05, 4.69) is 9.98 Å². The second kappa shape index (κ2) is 13.0. The molecule has 1 unspecified atom stereocenters. The van der Waals surface area contributed by atoms with Gasteiger partial charge in [-0.15, -0.1) is 0 Å². The summed E-state index contributed by atoms with van der Waals surface area (Å²) in [7, 11) is 0. The van der Waals surface area contributed by atoms with E-state index in [0.29, 0.717) is 34.9 Å². The van der Waals surface area contributed by atoms with Gasteiger partial charge in [0, 0.05) is 34.4 Å². The summed E-state index contributed by atoms with van der Waals surface area (Å²) in [5.74, 6) is -3.75. The zero-order valence-corrected chi connectivity index (χ0v) is 21.0. The SMILES string of the molecule is NC(N)=NC(N=C(N)N)(c1ccc(Cl)cc1)C(CCCC(CC(=O)O)CC(=O)O)c1ccc(Cl)cc1. The Morgan fingerprint density at radius 3 is 1.64 bits per heavy atom. The predicted molar refractivity (Wildman–Crippen MR) is 141 cm³/mol. The Morgan fingerprint density at radius 2 is 1.22 bits per heavy atom. The van der Waals surface area contributed by atoms with Crippen molar-refractivity contribution < 1.29 is 19.8 Å². The zero-order valence-electron chi connectivity index (χ0n) is 19.5. The highest BCUT2D eigenvalue weighted by atomic mass is 35.5. The van der Waals surface area contributed by atoms with Crippen LogP contribution in [0.1, 0.15) is 49.1 Å². The van der Waals surface area contributed by atoms with Gasteiger partial charge in [0.05, 0.1) is 0 Å². The van der Waals surface area contributed by atoms with Crippen molar-refractivity contribution in [3.05, 3.63) is 69.7 Å². The number of halogens is 2. The standard InChI is InChI=1S/C24H30Cl2N6O4/c25-17-8-4-15(5-9-17)19(3-1-2-14(12-20(33)34)13-21(35)36)24(31-22(27)28,32-23(29)30)16-6-10-18(26)11-7-16/h4-11,14,19H,1-3,12-13H2,(H,33,34)(H,35,36)(H4,27,28,31)(H4,29,30,32). The average Bonchev–Trinajstić information content (AvgIpc) is 2.76. The Bertz CT molecular complexity index is 1060. The molecule has 0 heterocycles. The molecule has 0 aromatic heterocycles. The van der Waals surface area contributed by atoms with Crippen LogP contribution in [0.25, 0.3) is 0 Å². The van der Waals surface area contributed by atoms with Gasteiger partial charge in [-0.05, 0) is 48.6 Å². The van der Waals surface area contributed by atoms with Gasteiger partial charge in [-0.2, -0.15) is 0 Å². The molecule has 0 fully saturated rings. The Balaban J connectivity index is 2.62. The summed E-state index contributed by atoms with van der Waals surface area (Å²) in [6, 6.07) is 13.7. The van der Waals surface area contributed by atoms with Crippen molar-refractivity contribution in [3.8, 4) is 0 Å². The lowest BCUT2D eigenvalue weighted by molar-refractivity contribution is -0.140. The largest absolute Gasteiger partial charge is 0.481 e. The van der Waals surface area contributed by atoms with E-state index in [1.54, 1.807) is 48.5 Å². The lowest BCUT2D eigenvalue weighted by Crippen LogP contribution is -2.39. The first-order chi connectivity index (χ1) is 16.9. The predicted octanol–water partition coefficient (Wildman–Crippen LogP) is 3.21. The van der Waals surface area contributed by atoms with Crippen LogP contribution in [0, 0.1) is 5.92 Å². The van der Waals surface area contributed by atoms with Crippen molar-refractivity contribution in [1.29, 1.82) is 0 Å². The number of hydrogen-bond acceptors (Lipinski definition) is 4. The minimum absolute atomic E-state index is 0.261. The smallest absolute Gasteiger partial charge is 0.303 e. The molecule has 194 valence electrons. The van der Waals surface area contributed by atoms with Crippen LogP contribution in [0.2, 0.25) is 10.0 Å². The summed E-state index contributed by atoms with van der Waals surface area (Å²) in [4.78, 5) is 31.5. The Hall–Kier alpha value is -3.50. The summed E-state index contributed by atoms with van der Waals surface area (Å²) in [6.07, 6.45) is 0.633. The molecule has 10 nitrogen and oxygen atoms in total. The van der Waals surface area contributed by atoms with Gasteiger partial charge in [0.2, 0.25) is 0 Å². The van der Waals surface area contributed by atoms with E-state index in [0.717, 1.165) is 5.56 Å². The first-order valence-electron chi connectivity index (χ1n) is 11.1. The zero-order chi connectivity index (χ0) is 26.9. The topological polar surface area (TPSA) is 203 Å². The lowest BCUT2D eigenvalue weighted by Gasteiger charge is -2.36. The van der Waals surface area contributed by atoms with Gasteiger partial charge in [0.1, 0.15) is 0 Å². The quantitative estimate of drug-likeness (QED) is 0.165. The number of guanidine groups is 2. The Kier molecular flexibility index (Phi) is 10.4. The van der Waals surface area contributed by atoms with Crippen LogP contribution in [0.15, 0.2) is 58.5 Å². The number of nitrogens with zero attached hydrogens (tertiary/aromatic N) is 2. The Morgan fingerprint density at radius 1 is 0.778 bits per heavy atom.